The number of ether oxygens (including phenoxy) is 1. The van der Waals surface area contributed by atoms with Gasteiger partial charge in [0, 0.05) is 42.7 Å². The number of Topliss-reactive ketones (excluding diaryl/α,β-unsaturated/α-hetero) is 1. The Labute approximate surface area is 177 Å². The zero-order valence-corrected chi connectivity index (χ0v) is 18.0. The molecule has 0 spiro atoms. The Morgan fingerprint density at radius 3 is 2.40 bits per heavy atom. The number of amides is 2. The molecule has 0 N–H and O–H groups in total. The highest BCUT2D eigenvalue weighted by Gasteiger charge is 2.33. The average Bonchev–Trinajstić information content (AvgIpc) is 3.16. The van der Waals surface area contributed by atoms with Crippen molar-refractivity contribution in [3.63, 3.8) is 0 Å². The van der Waals surface area contributed by atoms with Crippen molar-refractivity contribution in [2.24, 2.45) is 11.3 Å². The van der Waals surface area contributed by atoms with E-state index < -0.39 is 11.4 Å². The minimum absolute atomic E-state index is 0.0577. The number of nitrogens with zero attached hydrogens (tertiary/aromatic N) is 2. The van der Waals surface area contributed by atoms with Gasteiger partial charge in [0.1, 0.15) is 0 Å². The summed E-state index contributed by atoms with van der Waals surface area (Å²) in [5, 5.41) is 0. The van der Waals surface area contributed by atoms with E-state index in [9.17, 15) is 19.2 Å². The van der Waals surface area contributed by atoms with Crippen LogP contribution in [0.4, 0.5) is 5.69 Å². The third-order valence-electron chi connectivity index (χ3n) is 5.66. The van der Waals surface area contributed by atoms with Crippen LogP contribution in [0.2, 0.25) is 0 Å². The molecule has 0 aliphatic carbocycles. The van der Waals surface area contributed by atoms with E-state index in [0.29, 0.717) is 50.1 Å². The van der Waals surface area contributed by atoms with E-state index in [0.717, 1.165) is 6.42 Å². The summed E-state index contributed by atoms with van der Waals surface area (Å²) in [5.74, 6) is -0.840. The molecule has 0 radical (unpaired) electrons. The number of carbonyl (C=O) groups excluding carboxylic acids is 4. The van der Waals surface area contributed by atoms with Gasteiger partial charge in [-0.25, -0.2) is 0 Å². The van der Waals surface area contributed by atoms with Gasteiger partial charge in [-0.2, -0.15) is 0 Å². The van der Waals surface area contributed by atoms with Crippen molar-refractivity contribution in [1.82, 2.24) is 4.90 Å². The van der Waals surface area contributed by atoms with Gasteiger partial charge in [-0.1, -0.05) is 32.9 Å². The van der Waals surface area contributed by atoms with Crippen LogP contribution in [0.15, 0.2) is 24.3 Å². The first-order valence-electron chi connectivity index (χ1n) is 10.6. The number of ketones is 1. The van der Waals surface area contributed by atoms with Gasteiger partial charge in [0.05, 0.1) is 5.92 Å². The Morgan fingerprint density at radius 2 is 1.80 bits per heavy atom. The highest BCUT2D eigenvalue weighted by Crippen LogP contribution is 2.25. The van der Waals surface area contributed by atoms with Gasteiger partial charge in [0.2, 0.25) is 11.8 Å². The fourth-order valence-electron chi connectivity index (χ4n) is 3.90. The molecule has 2 saturated heterocycles. The van der Waals surface area contributed by atoms with Crippen LogP contribution in [-0.4, -0.2) is 54.7 Å². The van der Waals surface area contributed by atoms with E-state index in [2.05, 4.69) is 0 Å². The molecule has 7 nitrogen and oxygen atoms in total. The molecule has 2 heterocycles. The normalized spacial score (nSPS) is 17.9. The topological polar surface area (TPSA) is 84.0 Å². The molecule has 2 amide bonds. The number of rotatable bonds is 5. The first-order chi connectivity index (χ1) is 14.2. The summed E-state index contributed by atoms with van der Waals surface area (Å²) < 4.78 is 5.27. The number of piperidine rings is 1. The summed E-state index contributed by atoms with van der Waals surface area (Å²) in [7, 11) is 0. The van der Waals surface area contributed by atoms with Crippen molar-refractivity contribution in [1.29, 1.82) is 0 Å². The number of carbonyl (C=O) groups is 4. The van der Waals surface area contributed by atoms with Gasteiger partial charge in [-0.15, -0.1) is 0 Å². The van der Waals surface area contributed by atoms with Gasteiger partial charge in [-0.05, 0) is 31.4 Å². The molecule has 2 aliphatic rings. The fourth-order valence-corrected chi connectivity index (χ4v) is 3.90. The summed E-state index contributed by atoms with van der Waals surface area (Å²) in [6.45, 7) is 7.03. The molecule has 30 heavy (non-hydrogen) atoms. The number of benzene rings is 1. The lowest BCUT2D eigenvalue weighted by molar-refractivity contribution is -0.152. The Balaban J connectivity index is 1.50. The van der Waals surface area contributed by atoms with E-state index in [1.165, 1.54) is 0 Å². The summed E-state index contributed by atoms with van der Waals surface area (Å²) in [6.07, 6.45) is 2.42. The van der Waals surface area contributed by atoms with Crippen molar-refractivity contribution >= 4 is 29.3 Å². The lowest BCUT2D eigenvalue weighted by Gasteiger charge is -2.34. The lowest BCUT2D eigenvalue weighted by atomic mass is 9.91. The Hall–Kier alpha value is -2.70. The summed E-state index contributed by atoms with van der Waals surface area (Å²) in [5.41, 5.74) is 0.685. The number of hydrogen-bond donors (Lipinski definition) is 0. The molecule has 2 aliphatic heterocycles. The van der Waals surface area contributed by atoms with Crippen molar-refractivity contribution in [2.45, 2.75) is 46.5 Å². The molecule has 1 aromatic carbocycles. The number of likely N-dealkylation sites (tertiary alicyclic amines) is 1. The maximum atomic E-state index is 12.5. The number of hydrogen-bond acceptors (Lipinski definition) is 5. The highest BCUT2D eigenvalue weighted by molar-refractivity contribution is 6.01. The first-order valence-corrected chi connectivity index (χ1v) is 10.6. The largest absolute Gasteiger partial charge is 0.457 e. The van der Waals surface area contributed by atoms with Crippen LogP contribution >= 0.6 is 0 Å². The summed E-state index contributed by atoms with van der Waals surface area (Å²) >= 11 is 0. The molecular formula is C23H30N2O5. The number of anilines is 1. The van der Waals surface area contributed by atoms with Crippen molar-refractivity contribution in [3.8, 4) is 0 Å². The van der Waals surface area contributed by atoms with E-state index in [4.69, 9.17) is 4.74 Å². The quantitative estimate of drug-likeness (QED) is 0.546. The average molecular weight is 415 g/mol. The fraction of sp³-hybridized carbons (Fsp3) is 0.565. The Kier molecular flexibility index (Phi) is 6.58. The molecule has 3 rings (SSSR count). The predicted octanol–water partition coefficient (Wildman–Crippen LogP) is 2.82. The van der Waals surface area contributed by atoms with Gasteiger partial charge in [-0.3, -0.25) is 19.2 Å². The molecule has 0 unspecified atom stereocenters. The molecule has 7 heteroatoms. The van der Waals surface area contributed by atoms with Gasteiger partial charge in [0.15, 0.2) is 12.4 Å². The zero-order valence-electron chi connectivity index (χ0n) is 18.0. The van der Waals surface area contributed by atoms with Crippen molar-refractivity contribution < 1.29 is 23.9 Å². The van der Waals surface area contributed by atoms with E-state index >= 15 is 0 Å². The highest BCUT2D eigenvalue weighted by atomic mass is 16.5. The lowest BCUT2D eigenvalue weighted by Crippen LogP contribution is -2.45. The minimum Gasteiger partial charge on any atom is -0.457 e. The van der Waals surface area contributed by atoms with Gasteiger partial charge < -0.3 is 14.5 Å². The maximum Gasteiger partial charge on any atom is 0.309 e. The SMILES string of the molecule is CC(C)(C)C(=O)N1CCC(C(=O)OCC(=O)c2cccc(N3CCCC3=O)c2)CC1. The van der Waals surface area contributed by atoms with Crippen LogP contribution < -0.4 is 4.90 Å². The predicted molar refractivity (Wildman–Crippen MR) is 112 cm³/mol. The standard InChI is InChI=1S/C23H30N2O5/c1-23(2,3)22(29)24-12-9-16(10-13-24)21(28)30-15-19(26)17-6-4-7-18(14-17)25-11-5-8-20(25)27/h4,6-7,14,16H,5,8-13,15H2,1-3H3. The molecule has 0 atom stereocenters. The third kappa shape index (κ3) is 5.07. The monoisotopic (exact) mass is 414 g/mol. The summed E-state index contributed by atoms with van der Waals surface area (Å²) in [6, 6.07) is 6.88. The summed E-state index contributed by atoms with van der Waals surface area (Å²) in [4.78, 5) is 52.6. The second-order valence-electron chi connectivity index (χ2n) is 9.05. The van der Waals surface area contributed by atoms with Crippen LogP contribution in [0.25, 0.3) is 0 Å². The van der Waals surface area contributed by atoms with E-state index in [-0.39, 0.29) is 30.1 Å². The van der Waals surface area contributed by atoms with Crippen LogP contribution in [0, 0.1) is 11.3 Å². The smallest absolute Gasteiger partial charge is 0.309 e. The molecule has 1 aromatic rings. The minimum atomic E-state index is -0.437. The third-order valence-corrected chi connectivity index (χ3v) is 5.66. The molecule has 162 valence electrons. The van der Waals surface area contributed by atoms with Crippen LogP contribution in [0.3, 0.4) is 0 Å². The van der Waals surface area contributed by atoms with Crippen molar-refractivity contribution in [3.05, 3.63) is 29.8 Å². The second-order valence-corrected chi connectivity index (χ2v) is 9.05. The van der Waals surface area contributed by atoms with Crippen LogP contribution in [-0.2, 0) is 19.1 Å². The molecule has 0 aromatic heterocycles. The molecule has 0 bridgehead atoms. The van der Waals surface area contributed by atoms with E-state index in [1.807, 2.05) is 20.8 Å². The van der Waals surface area contributed by atoms with Crippen molar-refractivity contribution in [2.75, 3.05) is 31.1 Å². The van der Waals surface area contributed by atoms with Crippen LogP contribution in [0.5, 0.6) is 0 Å². The zero-order chi connectivity index (χ0) is 21.9. The van der Waals surface area contributed by atoms with Gasteiger partial charge in [0.25, 0.3) is 0 Å². The second kappa shape index (κ2) is 8.98. The van der Waals surface area contributed by atoms with Gasteiger partial charge >= 0.3 is 5.97 Å². The number of esters is 1. The molecule has 2 fully saturated rings. The Bertz CT molecular complexity index is 834. The van der Waals surface area contributed by atoms with Crippen LogP contribution in [0.1, 0.15) is 56.8 Å². The molecule has 0 saturated carbocycles. The first kappa shape index (κ1) is 22.0. The molecular weight excluding hydrogens is 384 g/mol. The Morgan fingerprint density at radius 1 is 1.10 bits per heavy atom. The van der Waals surface area contributed by atoms with E-state index in [1.54, 1.807) is 34.1 Å². The maximum absolute atomic E-state index is 12.5.